The van der Waals surface area contributed by atoms with E-state index in [1.807, 2.05) is 24.1 Å². The highest BCUT2D eigenvalue weighted by atomic mass is 19.1. The molecule has 0 saturated heterocycles. The number of rotatable bonds is 4. The Hall–Kier alpha value is -2.34. The molecule has 0 aliphatic rings. The van der Waals surface area contributed by atoms with Crippen LogP contribution in [0.2, 0.25) is 0 Å². The smallest absolute Gasteiger partial charge is 0.123 e. The van der Waals surface area contributed by atoms with Crippen molar-refractivity contribution >= 4 is 5.69 Å². The number of benzene rings is 2. The molecule has 0 fully saturated rings. The largest absolute Gasteiger partial charge is 0.370 e. The van der Waals surface area contributed by atoms with Gasteiger partial charge in [-0.2, -0.15) is 5.26 Å². The fourth-order valence-corrected chi connectivity index (χ4v) is 2.14. The minimum absolute atomic E-state index is 0.311. The van der Waals surface area contributed by atoms with Crippen molar-refractivity contribution < 1.29 is 4.39 Å². The Morgan fingerprint density at radius 1 is 1.15 bits per heavy atom. The molecule has 0 aliphatic heterocycles. The summed E-state index contributed by atoms with van der Waals surface area (Å²) < 4.78 is 13.3. The van der Waals surface area contributed by atoms with Crippen molar-refractivity contribution in [3.63, 3.8) is 0 Å². The summed E-state index contributed by atoms with van der Waals surface area (Å²) in [6.07, 6.45) is 1.01. The molecule has 0 radical (unpaired) electrons. The highest BCUT2D eigenvalue weighted by Crippen LogP contribution is 2.19. The van der Waals surface area contributed by atoms with E-state index >= 15 is 0 Å². The van der Waals surface area contributed by atoms with Crippen molar-refractivity contribution in [2.24, 2.45) is 0 Å². The van der Waals surface area contributed by atoms with Gasteiger partial charge in [-0.3, -0.25) is 0 Å². The first kappa shape index (κ1) is 14.1. The van der Waals surface area contributed by atoms with Crippen LogP contribution in [0.1, 0.15) is 23.6 Å². The predicted molar refractivity (Wildman–Crippen MR) is 79.0 cm³/mol. The van der Waals surface area contributed by atoms with E-state index in [0.717, 1.165) is 12.1 Å². The number of nitriles is 1. The molecule has 0 unspecified atom stereocenters. The molecule has 0 aromatic heterocycles. The van der Waals surface area contributed by atoms with Gasteiger partial charge in [0.15, 0.2) is 0 Å². The van der Waals surface area contributed by atoms with Gasteiger partial charge in [-0.15, -0.1) is 0 Å². The second kappa shape index (κ2) is 6.21. The van der Waals surface area contributed by atoms with Crippen LogP contribution in [0.25, 0.3) is 0 Å². The number of hydrogen-bond acceptors (Lipinski definition) is 2. The van der Waals surface area contributed by atoms with Crippen molar-refractivity contribution in [1.82, 2.24) is 0 Å². The van der Waals surface area contributed by atoms with E-state index < -0.39 is 0 Å². The van der Waals surface area contributed by atoms with Gasteiger partial charge >= 0.3 is 0 Å². The topological polar surface area (TPSA) is 27.0 Å². The molecule has 0 atom stereocenters. The maximum Gasteiger partial charge on any atom is 0.123 e. The molecule has 0 aliphatic carbocycles. The summed E-state index contributed by atoms with van der Waals surface area (Å²) in [7, 11) is 1.94. The fourth-order valence-electron chi connectivity index (χ4n) is 2.14. The second-order valence-corrected chi connectivity index (χ2v) is 4.79. The molecule has 0 heterocycles. The van der Waals surface area contributed by atoms with Crippen LogP contribution in [0.5, 0.6) is 0 Å². The van der Waals surface area contributed by atoms with Crippen LogP contribution in [0.15, 0.2) is 42.5 Å². The molecule has 0 bridgehead atoms. The molecule has 0 saturated carbocycles. The van der Waals surface area contributed by atoms with Crippen LogP contribution < -0.4 is 4.90 Å². The lowest BCUT2D eigenvalue weighted by Crippen LogP contribution is -2.17. The van der Waals surface area contributed by atoms with Gasteiger partial charge < -0.3 is 4.90 Å². The maximum atomic E-state index is 13.3. The van der Waals surface area contributed by atoms with Crippen LogP contribution in [-0.4, -0.2) is 7.05 Å². The molecule has 3 heteroatoms. The highest BCUT2D eigenvalue weighted by Gasteiger charge is 2.08. The van der Waals surface area contributed by atoms with E-state index in [2.05, 4.69) is 25.1 Å². The fraction of sp³-hybridized carbons (Fsp3) is 0.235. The number of aryl methyl sites for hydroxylation is 1. The lowest BCUT2D eigenvalue weighted by atomic mass is 10.1. The third-order valence-electron chi connectivity index (χ3n) is 3.38. The van der Waals surface area contributed by atoms with Crippen molar-refractivity contribution in [1.29, 1.82) is 5.26 Å². The molecular formula is C17H17FN2. The summed E-state index contributed by atoms with van der Waals surface area (Å²) >= 11 is 0. The van der Waals surface area contributed by atoms with Crippen LogP contribution in [0, 0.1) is 17.1 Å². The summed E-state index contributed by atoms with van der Waals surface area (Å²) in [5, 5.41) is 9.07. The molecule has 0 N–H and O–H groups in total. The van der Waals surface area contributed by atoms with E-state index in [-0.39, 0.29) is 5.82 Å². The SMILES string of the molecule is CCc1ccc(N(C)Cc2cc(F)ccc2C#N)cc1. The van der Waals surface area contributed by atoms with E-state index in [1.165, 1.54) is 23.8 Å². The summed E-state index contributed by atoms with van der Waals surface area (Å²) in [6, 6.07) is 14.6. The van der Waals surface area contributed by atoms with E-state index in [9.17, 15) is 4.39 Å². The zero-order chi connectivity index (χ0) is 14.5. The molecule has 20 heavy (non-hydrogen) atoms. The average molecular weight is 268 g/mol. The van der Waals surface area contributed by atoms with Gasteiger partial charge in [-0.05, 0) is 47.9 Å². The minimum Gasteiger partial charge on any atom is -0.370 e. The lowest BCUT2D eigenvalue weighted by molar-refractivity contribution is 0.625. The zero-order valence-electron chi connectivity index (χ0n) is 11.7. The van der Waals surface area contributed by atoms with Gasteiger partial charge in [0, 0.05) is 19.3 Å². The first-order valence-electron chi connectivity index (χ1n) is 6.62. The van der Waals surface area contributed by atoms with Gasteiger partial charge in [0.25, 0.3) is 0 Å². The van der Waals surface area contributed by atoms with Gasteiger partial charge in [0.05, 0.1) is 11.6 Å². The maximum absolute atomic E-state index is 13.3. The molecule has 102 valence electrons. The third kappa shape index (κ3) is 3.16. The number of hydrogen-bond donors (Lipinski definition) is 0. The molecule has 2 rings (SSSR count). The first-order valence-corrected chi connectivity index (χ1v) is 6.62. The van der Waals surface area contributed by atoms with Crippen molar-refractivity contribution in [2.45, 2.75) is 19.9 Å². The van der Waals surface area contributed by atoms with E-state index in [1.54, 1.807) is 0 Å². The first-order chi connectivity index (χ1) is 9.63. The number of anilines is 1. The molecule has 0 spiro atoms. The highest BCUT2D eigenvalue weighted by molar-refractivity contribution is 5.49. The Morgan fingerprint density at radius 2 is 1.85 bits per heavy atom. The number of nitrogens with zero attached hydrogens (tertiary/aromatic N) is 2. The lowest BCUT2D eigenvalue weighted by Gasteiger charge is -2.20. The summed E-state index contributed by atoms with van der Waals surface area (Å²) in [4.78, 5) is 2.01. The van der Waals surface area contributed by atoms with Crippen LogP contribution in [-0.2, 0) is 13.0 Å². The average Bonchev–Trinajstić information content (AvgIpc) is 2.47. The molecule has 0 amide bonds. The standard InChI is InChI=1S/C17H17FN2/c1-3-13-4-8-17(9-5-13)20(2)12-15-10-16(18)7-6-14(15)11-19/h4-10H,3,12H2,1-2H3. The summed E-state index contributed by atoms with van der Waals surface area (Å²) in [5.74, 6) is -0.311. The van der Waals surface area contributed by atoms with Crippen LogP contribution >= 0.6 is 0 Å². The molecule has 2 nitrogen and oxygen atoms in total. The predicted octanol–water partition coefficient (Wildman–Crippen LogP) is 3.90. The third-order valence-corrected chi connectivity index (χ3v) is 3.38. The molecule has 2 aromatic carbocycles. The normalized spacial score (nSPS) is 10.1. The van der Waals surface area contributed by atoms with Crippen LogP contribution in [0.3, 0.4) is 0 Å². The zero-order valence-corrected chi connectivity index (χ0v) is 11.7. The summed E-state index contributed by atoms with van der Waals surface area (Å²) in [5.41, 5.74) is 3.55. The van der Waals surface area contributed by atoms with Gasteiger partial charge in [-0.25, -0.2) is 4.39 Å². The Labute approximate surface area is 119 Å². The van der Waals surface area contributed by atoms with Crippen molar-refractivity contribution in [3.05, 3.63) is 65.0 Å². The quantitative estimate of drug-likeness (QED) is 0.841. The second-order valence-electron chi connectivity index (χ2n) is 4.79. The Bertz CT molecular complexity index is 626. The molecular weight excluding hydrogens is 251 g/mol. The van der Waals surface area contributed by atoms with Gasteiger partial charge in [-0.1, -0.05) is 19.1 Å². The van der Waals surface area contributed by atoms with Crippen molar-refractivity contribution in [2.75, 3.05) is 11.9 Å². The Kier molecular flexibility index (Phi) is 4.37. The number of halogens is 1. The monoisotopic (exact) mass is 268 g/mol. The summed E-state index contributed by atoms with van der Waals surface area (Å²) in [6.45, 7) is 2.62. The Balaban J connectivity index is 2.20. The Morgan fingerprint density at radius 3 is 2.45 bits per heavy atom. The minimum atomic E-state index is -0.311. The van der Waals surface area contributed by atoms with E-state index in [0.29, 0.717) is 17.7 Å². The molecule has 2 aromatic rings. The van der Waals surface area contributed by atoms with Gasteiger partial charge in [0.2, 0.25) is 0 Å². The van der Waals surface area contributed by atoms with Crippen molar-refractivity contribution in [3.8, 4) is 6.07 Å². The van der Waals surface area contributed by atoms with Gasteiger partial charge in [0.1, 0.15) is 5.82 Å². The van der Waals surface area contributed by atoms with E-state index in [4.69, 9.17) is 5.26 Å². The van der Waals surface area contributed by atoms with Crippen LogP contribution in [0.4, 0.5) is 10.1 Å².